The van der Waals surface area contributed by atoms with Gasteiger partial charge < -0.3 is 15.8 Å². The number of aromatic nitrogens is 1. The zero-order valence-electron chi connectivity index (χ0n) is 16.2. The fourth-order valence-corrected chi connectivity index (χ4v) is 3.19. The van der Waals surface area contributed by atoms with Crippen molar-refractivity contribution in [1.29, 1.82) is 0 Å². The molecule has 2 heterocycles. The molecule has 1 fully saturated rings. The van der Waals surface area contributed by atoms with Crippen molar-refractivity contribution in [3.63, 3.8) is 0 Å². The van der Waals surface area contributed by atoms with E-state index in [9.17, 15) is 4.79 Å². The van der Waals surface area contributed by atoms with Gasteiger partial charge >= 0.3 is 0 Å². The highest BCUT2D eigenvalue weighted by atomic mass is 16.2. The zero-order chi connectivity index (χ0) is 18.4. The first-order chi connectivity index (χ1) is 12.7. The molecule has 0 spiro atoms. The van der Waals surface area contributed by atoms with Crippen molar-refractivity contribution in [2.45, 2.75) is 32.6 Å². The number of hydrogen-bond donors (Lipinski definition) is 1. The molecule has 1 aliphatic heterocycles. The lowest BCUT2D eigenvalue weighted by Crippen LogP contribution is -2.37. The molecule has 6 nitrogen and oxygen atoms in total. The molecule has 2 aromatic rings. The number of hydrogen-bond acceptors (Lipinski definition) is 4. The van der Waals surface area contributed by atoms with Gasteiger partial charge in [0.15, 0.2) is 0 Å². The number of carbonyl (C=O) groups is 1. The van der Waals surface area contributed by atoms with Crippen molar-refractivity contribution in [1.82, 2.24) is 14.9 Å². The minimum Gasteiger partial charge on any atom is -0.412 e. The maximum atomic E-state index is 12.6. The van der Waals surface area contributed by atoms with Crippen molar-refractivity contribution in [3.05, 3.63) is 59.9 Å². The van der Waals surface area contributed by atoms with Gasteiger partial charge in [-0.2, -0.15) is 0 Å². The Morgan fingerprint density at radius 1 is 1.15 bits per heavy atom. The summed E-state index contributed by atoms with van der Waals surface area (Å²) in [5, 5.41) is 2.20. The standard InChI is InChI=1S/C21H28N4O.H2O.H2/c1-3-17(2)18-8-10-19(11-9-18)23-25-14-6-13-24(15-16-25)21(26)20-7-4-5-12-22-20;;/h4-5,7-12,17,23H,3,6,13-16H2,1-2H3;1H2;1H. The van der Waals surface area contributed by atoms with Crippen LogP contribution in [0, 0.1) is 0 Å². The van der Waals surface area contributed by atoms with Gasteiger partial charge in [0.2, 0.25) is 0 Å². The molecule has 3 N–H and O–H groups in total. The molecule has 1 unspecified atom stereocenters. The summed E-state index contributed by atoms with van der Waals surface area (Å²) in [6.45, 7) is 7.65. The van der Waals surface area contributed by atoms with Crippen LogP contribution in [0.3, 0.4) is 0 Å². The number of benzene rings is 1. The molecule has 3 rings (SSSR count). The third kappa shape index (κ3) is 5.52. The smallest absolute Gasteiger partial charge is 0.272 e. The number of anilines is 1. The second-order valence-electron chi connectivity index (χ2n) is 6.89. The summed E-state index contributed by atoms with van der Waals surface area (Å²) in [6, 6.07) is 14.2. The third-order valence-electron chi connectivity index (χ3n) is 5.05. The number of nitrogens with one attached hydrogen (secondary N) is 1. The molecule has 148 valence electrons. The Labute approximate surface area is 163 Å². The highest BCUT2D eigenvalue weighted by molar-refractivity contribution is 5.92. The van der Waals surface area contributed by atoms with Crippen LogP contribution >= 0.6 is 0 Å². The number of hydrazine groups is 1. The molecule has 0 radical (unpaired) electrons. The first-order valence-electron chi connectivity index (χ1n) is 9.49. The van der Waals surface area contributed by atoms with Gasteiger partial charge in [0.05, 0.1) is 0 Å². The predicted octanol–water partition coefficient (Wildman–Crippen LogP) is 3.19. The Bertz CT molecular complexity index is 712. The lowest BCUT2D eigenvalue weighted by Gasteiger charge is -2.23. The third-order valence-corrected chi connectivity index (χ3v) is 5.05. The first-order valence-corrected chi connectivity index (χ1v) is 9.49. The van der Waals surface area contributed by atoms with Gasteiger partial charge in [-0.1, -0.05) is 32.0 Å². The Morgan fingerprint density at radius 3 is 2.59 bits per heavy atom. The van der Waals surface area contributed by atoms with Crippen molar-refractivity contribution >= 4 is 11.6 Å². The second-order valence-corrected chi connectivity index (χ2v) is 6.89. The van der Waals surface area contributed by atoms with Gasteiger partial charge in [-0.05, 0) is 48.6 Å². The summed E-state index contributed by atoms with van der Waals surface area (Å²) in [7, 11) is 0. The molecule has 1 aromatic carbocycles. The van der Waals surface area contributed by atoms with Gasteiger partial charge in [-0.15, -0.1) is 0 Å². The monoisotopic (exact) mass is 372 g/mol. The molecule has 0 bridgehead atoms. The van der Waals surface area contributed by atoms with E-state index >= 15 is 0 Å². The van der Waals surface area contributed by atoms with Gasteiger partial charge in [-0.3, -0.25) is 9.78 Å². The molecule has 27 heavy (non-hydrogen) atoms. The Morgan fingerprint density at radius 2 is 1.93 bits per heavy atom. The van der Waals surface area contributed by atoms with Crippen LogP contribution < -0.4 is 5.43 Å². The summed E-state index contributed by atoms with van der Waals surface area (Å²) < 4.78 is 0. The summed E-state index contributed by atoms with van der Waals surface area (Å²) in [5.41, 5.74) is 6.48. The van der Waals surface area contributed by atoms with E-state index in [-0.39, 0.29) is 12.8 Å². The van der Waals surface area contributed by atoms with Gasteiger partial charge in [0.25, 0.3) is 5.91 Å². The van der Waals surface area contributed by atoms with E-state index in [0.29, 0.717) is 18.2 Å². The number of pyridine rings is 1. The van der Waals surface area contributed by atoms with Gasteiger partial charge in [-0.25, -0.2) is 5.01 Å². The molecular weight excluding hydrogens is 340 g/mol. The molecule has 1 aliphatic rings. The fourth-order valence-electron chi connectivity index (χ4n) is 3.19. The summed E-state index contributed by atoms with van der Waals surface area (Å²) in [6.07, 6.45) is 3.76. The highest BCUT2D eigenvalue weighted by Crippen LogP contribution is 2.21. The highest BCUT2D eigenvalue weighted by Gasteiger charge is 2.21. The van der Waals surface area contributed by atoms with Gasteiger partial charge in [0, 0.05) is 39.5 Å². The Hall–Kier alpha value is -2.44. The summed E-state index contributed by atoms with van der Waals surface area (Å²) in [5.74, 6) is 0.610. The van der Waals surface area contributed by atoms with Crippen LogP contribution in [0.5, 0.6) is 0 Å². The van der Waals surface area contributed by atoms with E-state index in [4.69, 9.17) is 0 Å². The van der Waals surface area contributed by atoms with E-state index in [0.717, 1.165) is 38.2 Å². The minimum atomic E-state index is 0. The van der Waals surface area contributed by atoms with Crippen molar-refractivity contribution in [2.24, 2.45) is 0 Å². The molecule has 1 amide bonds. The van der Waals surface area contributed by atoms with Crippen molar-refractivity contribution in [3.8, 4) is 0 Å². The van der Waals surface area contributed by atoms with Crippen molar-refractivity contribution < 1.29 is 11.7 Å². The van der Waals surface area contributed by atoms with Crippen LogP contribution in [-0.4, -0.2) is 52.5 Å². The summed E-state index contributed by atoms with van der Waals surface area (Å²) >= 11 is 0. The van der Waals surface area contributed by atoms with E-state index in [1.54, 1.807) is 12.3 Å². The average Bonchev–Trinajstić information content (AvgIpc) is 2.93. The Balaban J connectivity index is 0.00000196. The fraction of sp³-hybridized carbons (Fsp3) is 0.429. The average molecular weight is 373 g/mol. The molecular formula is C21H32N4O2. The van der Waals surface area contributed by atoms with Crippen LogP contribution in [0.25, 0.3) is 0 Å². The molecule has 1 aromatic heterocycles. The largest absolute Gasteiger partial charge is 0.412 e. The topological polar surface area (TPSA) is 80.0 Å². The number of carbonyl (C=O) groups excluding carboxylic acids is 1. The van der Waals surface area contributed by atoms with Crippen molar-refractivity contribution in [2.75, 3.05) is 31.6 Å². The van der Waals surface area contributed by atoms with E-state index in [1.165, 1.54) is 5.56 Å². The second kappa shape index (κ2) is 10.0. The van der Waals surface area contributed by atoms with Crippen LogP contribution in [0.4, 0.5) is 5.69 Å². The molecule has 6 heteroatoms. The van der Waals surface area contributed by atoms with Crippen LogP contribution in [0.15, 0.2) is 48.7 Å². The predicted molar refractivity (Wildman–Crippen MR) is 111 cm³/mol. The van der Waals surface area contributed by atoms with E-state index in [1.807, 2.05) is 17.0 Å². The lowest BCUT2D eigenvalue weighted by molar-refractivity contribution is 0.0757. The lowest BCUT2D eigenvalue weighted by atomic mass is 9.99. The maximum absolute atomic E-state index is 12.6. The Kier molecular flexibility index (Phi) is 7.76. The van der Waals surface area contributed by atoms with E-state index < -0.39 is 0 Å². The maximum Gasteiger partial charge on any atom is 0.272 e. The molecule has 1 atom stereocenters. The first kappa shape index (κ1) is 20.9. The minimum absolute atomic E-state index is 0. The molecule has 0 aliphatic carbocycles. The number of rotatable bonds is 5. The van der Waals surface area contributed by atoms with E-state index in [2.05, 4.69) is 53.5 Å². The van der Waals surface area contributed by atoms with Crippen LogP contribution in [0.1, 0.15) is 50.1 Å². The summed E-state index contributed by atoms with van der Waals surface area (Å²) in [4.78, 5) is 18.7. The number of amides is 1. The quantitative estimate of drug-likeness (QED) is 0.874. The van der Waals surface area contributed by atoms with Crippen LogP contribution in [-0.2, 0) is 0 Å². The van der Waals surface area contributed by atoms with Crippen LogP contribution in [0.2, 0.25) is 0 Å². The van der Waals surface area contributed by atoms with Gasteiger partial charge in [0.1, 0.15) is 5.69 Å². The number of nitrogens with zero attached hydrogens (tertiary/aromatic N) is 3. The molecule has 0 saturated carbocycles. The zero-order valence-corrected chi connectivity index (χ0v) is 16.2. The molecule has 1 saturated heterocycles. The SMILES string of the molecule is CCC(C)c1ccc(NN2CCCN(C(=O)c3ccccn3)CC2)cc1.O.[HH]. The normalized spacial score (nSPS) is 16.1.